The number of rotatable bonds is 3. The molecule has 0 bridgehead atoms. The van der Waals surface area contributed by atoms with Crippen molar-refractivity contribution in [2.45, 2.75) is 6.92 Å². The fourth-order valence-corrected chi connectivity index (χ4v) is 0.590. The summed E-state index contributed by atoms with van der Waals surface area (Å²) in [5.41, 5.74) is 0. The zero-order valence-electron chi connectivity index (χ0n) is 4.68. The topological polar surface area (TPSA) is 18.5 Å². The molecule has 0 radical (unpaired) electrons. The molecule has 0 N–H and O–H groups in total. The van der Waals surface area contributed by atoms with Gasteiger partial charge in [0.1, 0.15) is 6.30 Å². The van der Waals surface area contributed by atoms with E-state index in [-0.39, 0.29) is 0 Å². The molecular formula is C4H10O2P+. The first kappa shape index (κ1) is 7.09. The minimum Gasteiger partial charge on any atom is -0.156 e. The minimum absolute atomic E-state index is 0.684. The number of hydrogen-bond acceptors (Lipinski definition) is 2. The first-order chi connectivity index (χ1) is 3.31. The minimum atomic E-state index is -0.828. The fraction of sp³-hybridized carbons (Fsp3) is 0.750. The lowest BCUT2D eigenvalue weighted by Crippen LogP contribution is -1.77. The average molecular weight is 121 g/mol. The van der Waals surface area contributed by atoms with Crippen LogP contribution in [0.2, 0.25) is 0 Å². The van der Waals surface area contributed by atoms with Crippen molar-refractivity contribution in [3.05, 3.63) is 0 Å². The Morgan fingerprint density at radius 2 is 2.29 bits per heavy atom. The van der Waals surface area contributed by atoms with Gasteiger partial charge in [0.25, 0.3) is 0 Å². The van der Waals surface area contributed by atoms with Crippen LogP contribution in [0.5, 0.6) is 0 Å². The highest BCUT2D eigenvalue weighted by molar-refractivity contribution is 7.45. The largest absolute Gasteiger partial charge is 0.422 e. The average Bonchev–Trinajstić information content (AvgIpc) is 1.68. The van der Waals surface area contributed by atoms with E-state index < -0.39 is 8.00 Å². The van der Waals surface area contributed by atoms with Gasteiger partial charge in [-0.05, 0) is 6.92 Å². The second kappa shape index (κ2) is 4.25. The highest BCUT2D eigenvalue weighted by Gasteiger charge is 2.00. The molecule has 0 aliphatic rings. The third-order valence-electron chi connectivity index (χ3n) is 0.477. The lowest BCUT2D eigenvalue weighted by atomic mass is 10.9. The van der Waals surface area contributed by atoms with Crippen molar-refractivity contribution in [2.24, 2.45) is 0 Å². The summed E-state index contributed by atoms with van der Waals surface area (Å²) >= 11 is 0. The van der Waals surface area contributed by atoms with E-state index in [1.807, 2.05) is 6.92 Å². The van der Waals surface area contributed by atoms with Gasteiger partial charge in [-0.3, -0.25) is 0 Å². The Kier molecular flexibility index (Phi) is 4.31. The van der Waals surface area contributed by atoms with Crippen LogP contribution in [0.15, 0.2) is 0 Å². The molecule has 0 rings (SSSR count). The molecule has 0 spiro atoms. The summed E-state index contributed by atoms with van der Waals surface area (Å²) in [4.78, 5) is 0. The van der Waals surface area contributed by atoms with Gasteiger partial charge in [-0.1, -0.05) is 0 Å². The fourth-order valence-electron chi connectivity index (χ4n) is 0.197. The smallest absolute Gasteiger partial charge is 0.156 e. The van der Waals surface area contributed by atoms with Crippen LogP contribution >= 0.6 is 8.00 Å². The van der Waals surface area contributed by atoms with E-state index >= 15 is 0 Å². The molecule has 0 saturated carbocycles. The van der Waals surface area contributed by atoms with E-state index in [4.69, 9.17) is 9.05 Å². The van der Waals surface area contributed by atoms with Crippen LogP contribution in [0.1, 0.15) is 6.92 Å². The van der Waals surface area contributed by atoms with Crippen LogP contribution in [-0.4, -0.2) is 20.0 Å². The molecule has 0 aliphatic heterocycles. The summed E-state index contributed by atoms with van der Waals surface area (Å²) in [6, 6.07) is 0. The summed E-state index contributed by atoms with van der Waals surface area (Å²) in [7, 11) is 0.763. The Balaban J connectivity index is 3.00. The van der Waals surface area contributed by atoms with E-state index in [2.05, 4.69) is 6.30 Å². The Morgan fingerprint density at radius 1 is 1.71 bits per heavy atom. The molecule has 0 aromatic carbocycles. The Hall–Kier alpha value is 0.0900. The maximum absolute atomic E-state index is 4.92. The standard InChI is InChI=1S/C4H10O2P/c1-4-6-7(3)5-2/h3-4H2,1-2H3/q+1. The van der Waals surface area contributed by atoms with E-state index in [9.17, 15) is 0 Å². The van der Waals surface area contributed by atoms with Crippen molar-refractivity contribution in [3.8, 4) is 0 Å². The molecular weight excluding hydrogens is 111 g/mol. The van der Waals surface area contributed by atoms with Crippen LogP contribution < -0.4 is 0 Å². The van der Waals surface area contributed by atoms with Crippen molar-refractivity contribution in [2.75, 3.05) is 13.7 Å². The van der Waals surface area contributed by atoms with E-state index in [0.717, 1.165) is 0 Å². The summed E-state index contributed by atoms with van der Waals surface area (Å²) in [5, 5.41) is 0. The van der Waals surface area contributed by atoms with Crippen LogP contribution in [0.3, 0.4) is 0 Å². The Labute approximate surface area is 45.0 Å². The summed E-state index contributed by atoms with van der Waals surface area (Å²) in [6.45, 7) is 2.60. The molecule has 0 fully saturated rings. The van der Waals surface area contributed by atoms with Crippen molar-refractivity contribution in [1.29, 1.82) is 0 Å². The van der Waals surface area contributed by atoms with Crippen LogP contribution in [0, 0.1) is 0 Å². The monoisotopic (exact) mass is 121 g/mol. The maximum Gasteiger partial charge on any atom is 0.422 e. The van der Waals surface area contributed by atoms with Gasteiger partial charge in [0.05, 0.1) is 13.7 Å². The second-order valence-electron chi connectivity index (χ2n) is 0.933. The highest BCUT2D eigenvalue weighted by atomic mass is 31.1. The van der Waals surface area contributed by atoms with Crippen LogP contribution in [0.25, 0.3) is 0 Å². The van der Waals surface area contributed by atoms with Crippen molar-refractivity contribution >= 4 is 14.3 Å². The molecule has 0 aromatic rings. The molecule has 0 amide bonds. The Morgan fingerprint density at radius 3 is 2.43 bits per heavy atom. The zero-order chi connectivity index (χ0) is 5.70. The van der Waals surface area contributed by atoms with Crippen LogP contribution in [0.4, 0.5) is 0 Å². The molecule has 0 aliphatic carbocycles. The maximum atomic E-state index is 4.92. The molecule has 0 aromatic heterocycles. The molecule has 42 valence electrons. The lowest BCUT2D eigenvalue weighted by Gasteiger charge is -1.81. The predicted molar refractivity (Wildman–Crippen MR) is 32.7 cm³/mol. The van der Waals surface area contributed by atoms with E-state index in [0.29, 0.717) is 6.61 Å². The van der Waals surface area contributed by atoms with Gasteiger partial charge in [-0.15, -0.1) is 0 Å². The summed E-state index contributed by atoms with van der Waals surface area (Å²) in [6.07, 6.45) is 3.57. The molecule has 1 atom stereocenters. The molecule has 7 heavy (non-hydrogen) atoms. The molecule has 2 nitrogen and oxygen atoms in total. The van der Waals surface area contributed by atoms with Gasteiger partial charge in [-0.25, -0.2) is 0 Å². The van der Waals surface area contributed by atoms with Gasteiger partial charge < -0.3 is 0 Å². The van der Waals surface area contributed by atoms with Gasteiger partial charge in [0.2, 0.25) is 0 Å². The number of hydrogen-bond donors (Lipinski definition) is 0. The molecule has 1 unspecified atom stereocenters. The quantitative estimate of drug-likeness (QED) is 0.525. The second-order valence-corrected chi connectivity index (χ2v) is 2.22. The molecule has 3 heteroatoms. The predicted octanol–water partition coefficient (Wildman–Crippen LogP) is 1.41. The SMILES string of the molecule is C=[P+](OC)OCC. The van der Waals surface area contributed by atoms with Crippen molar-refractivity contribution < 1.29 is 9.05 Å². The van der Waals surface area contributed by atoms with Crippen molar-refractivity contribution in [1.82, 2.24) is 0 Å². The lowest BCUT2D eigenvalue weighted by molar-refractivity contribution is 0.314. The first-order valence-corrected chi connectivity index (χ1v) is 3.45. The molecule has 0 heterocycles. The normalized spacial score (nSPS) is 11.4. The van der Waals surface area contributed by atoms with Gasteiger partial charge in [-0.2, -0.15) is 9.05 Å². The third-order valence-corrected chi connectivity index (χ3v) is 1.43. The summed E-state index contributed by atoms with van der Waals surface area (Å²) in [5.74, 6) is 0. The van der Waals surface area contributed by atoms with Gasteiger partial charge in [0, 0.05) is 0 Å². The molecule has 0 saturated heterocycles. The van der Waals surface area contributed by atoms with Gasteiger partial charge in [0.15, 0.2) is 0 Å². The third kappa shape index (κ3) is 3.93. The van der Waals surface area contributed by atoms with Crippen molar-refractivity contribution in [3.63, 3.8) is 0 Å². The Bertz CT molecular complexity index is 62.7. The highest BCUT2D eigenvalue weighted by Crippen LogP contribution is 2.19. The van der Waals surface area contributed by atoms with Crippen LogP contribution in [-0.2, 0) is 9.05 Å². The first-order valence-electron chi connectivity index (χ1n) is 2.09. The summed E-state index contributed by atoms with van der Waals surface area (Å²) < 4.78 is 9.64. The van der Waals surface area contributed by atoms with E-state index in [1.165, 1.54) is 0 Å². The van der Waals surface area contributed by atoms with E-state index in [1.54, 1.807) is 7.11 Å². The van der Waals surface area contributed by atoms with Gasteiger partial charge >= 0.3 is 8.00 Å². The zero-order valence-corrected chi connectivity index (χ0v) is 5.57.